The molecule has 9 nitrogen and oxygen atoms in total. The molecule has 166 valence electrons. The number of nitrogens with zero attached hydrogens (tertiary/aromatic N) is 4. The highest BCUT2D eigenvalue weighted by Gasteiger charge is 2.22. The van der Waals surface area contributed by atoms with Crippen molar-refractivity contribution in [3.63, 3.8) is 0 Å². The molecule has 0 amide bonds. The van der Waals surface area contributed by atoms with Gasteiger partial charge in [-0.3, -0.25) is 14.3 Å². The molecule has 0 fully saturated rings. The summed E-state index contributed by atoms with van der Waals surface area (Å²) in [6.07, 6.45) is -0.909. The first-order chi connectivity index (χ1) is 15.4. The third-order valence-electron chi connectivity index (χ3n) is 5.17. The van der Waals surface area contributed by atoms with E-state index in [1.807, 2.05) is 60.5 Å². The highest BCUT2D eigenvalue weighted by molar-refractivity contribution is 5.74. The van der Waals surface area contributed by atoms with E-state index in [9.17, 15) is 14.7 Å². The molecule has 2 heterocycles. The molecule has 4 rings (SSSR count). The van der Waals surface area contributed by atoms with Crippen LogP contribution in [0.15, 0.2) is 70.3 Å². The number of para-hydroxylation sites is 1. The molecule has 0 radical (unpaired) electrons. The van der Waals surface area contributed by atoms with Crippen LogP contribution in [0.25, 0.3) is 11.2 Å². The van der Waals surface area contributed by atoms with Gasteiger partial charge in [0, 0.05) is 20.6 Å². The predicted molar refractivity (Wildman–Crippen MR) is 122 cm³/mol. The van der Waals surface area contributed by atoms with E-state index >= 15 is 0 Å². The van der Waals surface area contributed by atoms with E-state index in [0.717, 1.165) is 5.56 Å². The van der Waals surface area contributed by atoms with Gasteiger partial charge in [0.2, 0.25) is 5.95 Å². The van der Waals surface area contributed by atoms with Gasteiger partial charge in [0.05, 0.1) is 6.54 Å². The summed E-state index contributed by atoms with van der Waals surface area (Å²) in [5.41, 5.74) is 0.443. The van der Waals surface area contributed by atoms with Crippen molar-refractivity contribution < 1.29 is 9.84 Å². The lowest BCUT2D eigenvalue weighted by Gasteiger charge is -2.21. The Morgan fingerprint density at radius 1 is 1.09 bits per heavy atom. The normalized spacial score (nSPS) is 12.1. The summed E-state index contributed by atoms with van der Waals surface area (Å²) in [4.78, 5) is 33.5. The molecule has 9 heteroatoms. The first-order valence-electron chi connectivity index (χ1n) is 10.2. The van der Waals surface area contributed by atoms with Gasteiger partial charge in [-0.05, 0) is 17.7 Å². The van der Waals surface area contributed by atoms with Crippen LogP contribution in [0.4, 0.5) is 5.95 Å². The van der Waals surface area contributed by atoms with Gasteiger partial charge in [-0.1, -0.05) is 48.5 Å². The molecule has 1 atom stereocenters. The first-order valence-corrected chi connectivity index (χ1v) is 10.2. The number of imidazole rings is 1. The third kappa shape index (κ3) is 4.42. The summed E-state index contributed by atoms with van der Waals surface area (Å²) in [6, 6.07) is 19.0. The Balaban J connectivity index is 1.68. The van der Waals surface area contributed by atoms with E-state index < -0.39 is 17.4 Å². The summed E-state index contributed by atoms with van der Waals surface area (Å²) in [5.74, 6) is 1.11. The fourth-order valence-electron chi connectivity index (χ4n) is 3.59. The van der Waals surface area contributed by atoms with Crippen LogP contribution in [0.3, 0.4) is 0 Å². The Kier molecular flexibility index (Phi) is 6.09. The van der Waals surface area contributed by atoms with Crippen LogP contribution < -0.4 is 20.9 Å². The maximum absolute atomic E-state index is 12.7. The topological polar surface area (TPSA) is 105 Å². The number of anilines is 1. The highest BCUT2D eigenvalue weighted by Crippen LogP contribution is 2.21. The van der Waals surface area contributed by atoms with Crippen molar-refractivity contribution in [2.45, 2.75) is 19.2 Å². The number of hydrogen-bond donors (Lipinski definition) is 2. The van der Waals surface area contributed by atoms with E-state index in [4.69, 9.17) is 4.74 Å². The molecule has 0 spiro atoms. The zero-order valence-electron chi connectivity index (χ0n) is 17.9. The van der Waals surface area contributed by atoms with E-state index in [0.29, 0.717) is 18.2 Å². The van der Waals surface area contributed by atoms with Crippen molar-refractivity contribution in [1.82, 2.24) is 19.1 Å². The maximum atomic E-state index is 12.7. The lowest BCUT2D eigenvalue weighted by atomic mass is 10.2. The number of hydrogen-bond acceptors (Lipinski definition) is 6. The first kappa shape index (κ1) is 21.4. The molecule has 0 aliphatic carbocycles. The lowest BCUT2D eigenvalue weighted by molar-refractivity contribution is 0.0936. The molecule has 2 aromatic carbocycles. The second kappa shape index (κ2) is 9.11. The summed E-state index contributed by atoms with van der Waals surface area (Å²) in [6.45, 7) is 0.640. The number of aliphatic hydroxyl groups is 1. The van der Waals surface area contributed by atoms with E-state index in [1.54, 1.807) is 23.7 Å². The standard InChI is InChI=1S/C23H25N5O4/c1-26(13-16-9-5-3-6-10-16)22-24-20-19(21(30)25-23(31)27(20)2)28(22)14-17(29)15-32-18-11-7-4-8-12-18/h3-12,17,29H,13-15H2,1-2H3,(H,25,30,31)/t17-/m1/s1. The van der Waals surface area contributed by atoms with Crippen molar-refractivity contribution in [2.75, 3.05) is 18.6 Å². The average molecular weight is 435 g/mol. The minimum Gasteiger partial charge on any atom is -0.491 e. The Bertz CT molecular complexity index is 1310. The molecule has 0 saturated heterocycles. The summed E-state index contributed by atoms with van der Waals surface area (Å²) in [5, 5.41) is 10.7. The molecule has 0 aliphatic heterocycles. The number of benzene rings is 2. The minimum atomic E-state index is -0.909. The number of aromatic amines is 1. The van der Waals surface area contributed by atoms with Crippen LogP contribution in [0.5, 0.6) is 5.75 Å². The molecular formula is C23H25N5O4. The second-order valence-corrected chi connectivity index (χ2v) is 7.63. The number of ether oxygens (including phenoxy) is 1. The van der Waals surface area contributed by atoms with E-state index in [1.165, 1.54) is 4.57 Å². The van der Waals surface area contributed by atoms with Crippen LogP contribution in [0, 0.1) is 0 Å². The van der Waals surface area contributed by atoms with E-state index in [2.05, 4.69) is 9.97 Å². The zero-order chi connectivity index (χ0) is 22.7. The average Bonchev–Trinajstić information content (AvgIpc) is 3.17. The molecule has 0 bridgehead atoms. The van der Waals surface area contributed by atoms with Gasteiger partial charge in [-0.2, -0.15) is 4.98 Å². The van der Waals surface area contributed by atoms with Gasteiger partial charge in [0.25, 0.3) is 5.56 Å². The van der Waals surface area contributed by atoms with Gasteiger partial charge in [-0.25, -0.2) is 4.79 Å². The van der Waals surface area contributed by atoms with Gasteiger partial charge in [0.1, 0.15) is 18.5 Å². The lowest BCUT2D eigenvalue weighted by Crippen LogP contribution is -2.31. The number of aryl methyl sites for hydroxylation is 1. The number of aliphatic hydroxyl groups excluding tert-OH is 1. The molecule has 4 aromatic rings. The smallest absolute Gasteiger partial charge is 0.329 e. The predicted octanol–water partition coefficient (Wildman–Crippen LogP) is 1.50. The third-order valence-corrected chi connectivity index (χ3v) is 5.17. The molecule has 2 aromatic heterocycles. The Hall–Kier alpha value is -3.85. The Morgan fingerprint density at radius 2 is 1.75 bits per heavy atom. The SMILES string of the molecule is CN(Cc1ccccc1)c1nc2c(c(=O)[nH]c(=O)n2C)n1C[C@@H](O)COc1ccccc1. The summed E-state index contributed by atoms with van der Waals surface area (Å²) < 4.78 is 8.59. The molecule has 0 unspecified atom stereocenters. The van der Waals surface area contributed by atoms with Crippen LogP contribution in [0.1, 0.15) is 5.56 Å². The monoisotopic (exact) mass is 435 g/mol. The minimum absolute atomic E-state index is 0.0369. The fraction of sp³-hybridized carbons (Fsp3) is 0.261. The van der Waals surface area contributed by atoms with Gasteiger partial charge >= 0.3 is 5.69 Å². The van der Waals surface area contributed by atoms with Crippen molar-refractivity contribution >= 4 is 17.1 Å². The number of fused-ring (bicyclic) bond motifs is 1. The van der Waals surface area contributed by atoms with Gasteiger partial charge < -0.3 is 19.3 Å². The maximum Gasteiger partial charge on any atom is 0.329 e. The number of nitrogens with one attached hydrogen (secondary N) is 1. The second-order valence-electron chi connectivity index (χ2n) is 7.63. The molecule has 0 aliphatic rings. The number of rotatable bonds is 8. The van der Waals surface area contributed by atoms with Crippen molar-refractivity contribution in [2.24, 2.45) is 7.05 Å². The molecular weight excluding hydrogens is 410 g/mol. The van der Waals surface area contributed by atoms with Crippen LogP contribution in [0.2, 0.25) is 0 Å². The quantitative estimate of drug-likeness (QED) is 0.435. The Morgan fingerprint density at radius 3 is 2.44 bits per heavy atom. The molecule has 0 saturated carbocycles. The van der Waals surface area contributed by atoms with E-state index in [-0.39, 0.29) is 24.3 Å². The van der Waals surface area contributed by atoms with Crippen LogP contribution in [-0.2, 0) is 20.1 Å². The van der Waals surface area contributed by atoms with Crippen LogP contribution in [-0.4, -0.2) is 44.0 Å². The zero-order valence-corrected chi connectivity index (χ0v) is 17.9. The fourth-order valence-corrected chi connectivity index (χ4v) is 3.59. The van der Waals surface area contributed by atoms with Crippen LogP contribution >= 0.6 is 0 Å². The van der Waals surface area contributed by atoms with Gasteiger partial charge in [-0.15, -0.1) is 0 Å². The molecule has 32 heavy (non-hydrogen) atoms. The highest BCUT2D eigenvalue weighted by atomic mass is 16.5. The van der Waals surface area contributed by atoms with Crippen molar-refractivity contribution in [3.05, 3.63) is 87.1 Å². The van der Waals surface area contributed by atoms with Crippen molar-refractivity contribution in [3.8, 4) is 5.75 Å². The largest absolute Gasteiger partial charge is 0.491 e. The summed E-state index contributed by atoms with van der Waals surface area (Å²) >= 11 is 0. The summed E-state index contributed by atoms with van der Waals surface area (Å²) in [7, 11) is 3.40. The van der Waals surface area contributed by atoms with Gasteiger partial charge in [0.15, 0.2) is 11.2 Å². The number of H-pyrrole nitrogens is 1. The molecule has 2 N–H and O–H groups in total. The van der Waals surface area contributed by atoms with Crippen molar-refractivity contribution in [1.29, 1.82) is 0 Å². The Labute approximate surface area is 184 Å². The number of aromatic nitrogens is 4.